The summed E-state index contributed by atoms with van der Waals surface area (Å²) in [7, 11) is 0. The Kier molecular flexibility index (Phi) is 4.91. The molecule has 2 rings (SSSR count). The van der Waals surface area contributed by atoms with Gasteiger partial charge in [-0.2, -0.15) is 0 Å². The molecule has 0 aliphatic rings. The Morgan fingerprint density at radius 2 is 1.79 bits per heavy atom. The lowest BCUT2D eigenvalue weighted by atomic mass is 9.99. The highest BCUT2D eigenvalue weighted by atomic mass is 79.9. The Morgan fingerprint density at radius 3 is 2.37 bits per heavy atom. The average Bonchev–Trinajstić information content (AvgIpc) is 2.37. The molecule has 2 aromatic rings. The lowest BCUT2D eigenvalue weighted by molar-refractivity contribution is 0.721. The summed E-state index contributed by atoms with van der Waals surface area (Å²) < 4.78 is 1.06. The van der Waals surface area contributed by atoms with Gasteiger partial charge in [0.05, 0.1) is 0 Å². The van der Waals surface area contributed by atoms with Crippen LogP contribution in [0.25, 0.3) is 0 Å². The molecule has 0 spiro atoms. The number of benzene rings is 2. The number of hydrogen-bond donors (Lipinski definition) is 1. The number of aryl methyl sites for hydroxylation is 1. The van der Waals surface area contributed by atoms with E-state index in [2.05, 4.69) is 15.9 Å². The summed E-state index contributed by atoms with van der Waals surface area (Å²) in [6.45, 7) is 2.05. The zero-order chi connectivity index (χ0) is 14.0. The summed E-state index contributed by atoms with van der Waals surface area (Å²) >= 11 is 15.9. The van der Waals surface area contributed by atoms with E-state index in [0.717, 1.165) is 15.6 Å². The first kappa shape index (κ1) is 14.9. The Hall–Kier alpha value is -0.540. The smallest absolute Gasteiger partial charge is 0.0453 e. The van der Waals surface area contributed by atoms with Gasteiger partial charge in [-0.25, -0.2) is 0 Å². The van der Waals surface area contributed by atoms with E-state index in [1.807, 2.05) is 43.3 Å². The molecule has 1 unspecified atom stereocenters. The quantitative estimate of drug-likeness (QED) is 0.790. The van der Waals surface area contributed by atoms with Crippen molar-refractivity contribution in [2.45, 2.75) is 19.4 Å². The van der Waals surface area contributed by atoms with Crippen LogP contribution in [0.4, 0.5) is 0 Å². The molecule has 0 aliphatic heterocycles. The van der Waals surface area contributed by atoms with Crippen molar-refractivity contribution in [2.24, 2.45) is 5.73 Å². The predicted molar refractivity (Wildman–Crippen MR) is 86.0 cm³/mol. The van der Waals surface area contributed by atoms with E-state index in [9.17, 15) is 0 Å². The molecule has 0 saturated carbocycles. The van der Waals surface area contributed by atoms with Crippen molar-refractivity contribution in [1.82, 2.24) is 0 Å². The van der Waals surface area contributed by atoms with Crippen LogP contribution in [0, 0.1) is 6.92 Å². The van der Waals surface area contributed by atoms with Gasteiger partial charge in [0, 0.05) is 20.6 Å². The van der Waals surface area contributed by atoms with E-state index < -0.39 is 0 Å². The maximum Gasteiger partial charge on any atom is 0.0453 e. The minimum absolute atomic E-state index is 0.130. The van der Waals surface area contributed by atoms with Crippen LogP contribution < -0.4 is 5.73 Å². The number of hydrogen-bond acceptors (Lipinski definition) is 1. The fourth-order valence-electron chi connectivity index (χ4n) is 1.90. The monoisotopic (exact) mass is 357 g/mol. The number of halogens is 3. The number of rotatable bonds is 3. The SMILES string of the molecule is Cc1ccc(C(N)Cc2c(Cl)cccc2Cl)cc1Br. The molecule has 0 amide bonds. The molecule has 0 saturated heterocycles. The number of nitrogens with two attached hydrogens (primary N) is 1. The van der Waals surface area contributed by atoms with Crippen LogP contribution in [0.15, 0.2) is 40.9 Å². The molecule has 0 fully saturated rings. The molecule has 0 heterocycles. The second-order valence-corrected chi connectivity index (χ2v) is 6.19. The summed E-state index contributed by atoms with van der Waals surface area (Å²) in [5.41, 5.74) is 9.39. The van der Waals surface area contributed by atoms with E-state index in [1.54, 1.807) is 0 Å². The molecule has 100 valence electrons. The Morgan fingerprint density at radius 1 is 1.16 bits per heavy atom. The van der Waals surface area contributed by atoms with Gasteiger partial charge in [0.25, 0.3) is 0 Å². The maximum atomic E-state index is 6.25. The second-order valence-electron chi connectivity index (χ2n) is 4.52. The third-order valence-electron chi connectivity index (χ3n) is 3.11. The van der Waals surface area contributed by atoms with Gasteiger partial charge in [0.1, 0.15) is 0 Å². The van der Waals surface area contributed by atoms with Crippen molar-refractivity contribution in [3.8, 4) is 0 Å². The molecule has 0 radical (unpaired) electrons. The van der Waals surface area contributed by atoms with E-state index in [1.165, 1.54) is 5.56 Å². The minimum Gasteiger partial charge on any atom is -0.324 e. The zero-order valence-corrected chi connectivity index (χ0v) is 13.6. The van der Waals surface area contributed by atoms with Crippen molar-refractivity contribution in [3.63, 3.8) is 0 Å². The molecule has 2 aromatic carbocycles. The zero-order valence-electron chi connectivity index (χ0n) is 10.5. The molecular formula is C15H14BrCl2N. The van der Waals surface area contributed by atoms with E-state index in [4.69, 9.17) is 28.9 Å². The molecule has 0 bridgehead atoms. The Balaban J connectivity index is 2.25. The molecule has 4 heteroatoms. The molecule has 2 N–H and O–H groups in total. The first-order valence-corrected chi connectivity index (χ1v) is 7.48. The van der Waals surface area contributed by atoms with Crippen LogP contribution in [0.1, 0.15) is 22.7 Å². The summed E-state index contributed by atoms with van der Waals surface area (Å²) in [6.07, 6.45) is 0.619. The van der Waals surface area contributed by atoms with Gasteiger partial charge >= 0.3 is 0 Å². The maximum absolute atomic E-state index is 6.25. The predicted octanol–water partition coefficient (Wildman–Crippen LogP) is 5.31. The summed E-state index contributed by atoms with van der Waals surface area (Å²) in [5, 5.41) is 1.32. The summed E-state index contributed by atoms with van der Waals surface area (Å²) in [4.78, 5) is 0. The molecule has 0 aromatic heterocycles. The largest absolute Gasteiger partial charge is 0.324 e. The standard InChI is InChI=1S/C15H14BrCl2N/c1-9-5-6-10(7-12(9)16)15(19)8-11-13(17)3-2-4-14(11)18/h2-7,15H,8,19H2,1H3. The van der Waals surface area contributed by atoms with Gasteiger partial charge < -0.3 is 5.73 Å². The third kappa shape index (κ3) is 3.51. The van der Waals surface area contributed by atoms with Gasteiger partial charge in [-0.05, 0) is 48.2 Å². The lowest BCUT2D eigenvalue weighted by Crippen LogP contribution is -2.14. The lowest BCUT2D eigenvalue weighted by Gasteiger charge is -2.15. The van der Waals surface area contributed by atoms with Crippen LogP contribution in [-0.2, 0) is 6.42 Å². The van der Waals surface area contributed by atoms with Gasteiger partial charge in [-0.15, -0.1) is 0 Å². The van der Waals surface area contributed by atoms with Crippen LogP contribution in [-0.4, -0.2) is 0 Å². The molecular weight excluding hydrogens is 345 g/mol. The van der Waals surface area contributed by atoms with Crippen LogP contribution in [0.2, 0.25) is 10.0 Å². The minimum atomic E-state index is -0.130. The van der Waals surface area contributed by atoms with Crippen LogP contribution in [0.5, 0.6) is 0 Å². The van der Waals surface area contributed by atoms with E-state index in [-0.39, 0.29) is 6.04 Å². The third-order valence-corrected chi connectivity index (χ3v) is 4.67. The van der Waals surface area contributed by atoms with Crippen molar-refractivity contribution < 1.29 is 0 Å². The normalized spacial score (nSPS) is 12.5. The fraction of sp³-hybridized carbons (Fsp3) is 0.200. The van der Waals surface area contributed by atoms with Crippen molar-refractivity contribution in [2.75, 3.05) is 0 Å². The van der Waals surface area contributed by atoms with Gasteiger partial charge in [-0.1, -0.05) is 57.3 Å². The van der Waals surface area contributed by atoms with Gasteiger partial charge in [0.15, 0.2) is 0 Å². The summed E-state index contributed by atoms with van der Waals surface area (Å²) in [5.74, 6) is 0. The first-order valence-electron chi connectivity index (χ1n) is 5.93. The van der Waals surface area contributed by atoms with Crippen LogP contribution in [0.3, 0.4) is 0 Å². The molecule has 0 aliphatic carbocycles. The molecule has 19 heavy (non-hydrogen) atoms. The molecule has 1 atom stereocenters. The van der Waals surface area contributed by atoms with Crippen molar-refractivity contribution in [3.05, 3.63) is 67.6 Å². The Labute approximate surface area is 131 Å². The Bertz CT molecular complexity index is 578. The highest BCUT2D eigenvalue weighted by Gasteiger charge is 2.13. The van der Waals surface area contributed by atoms with Gasteiger partial charge in [-0.3, -0.25) is 0 Å². The highest BCUT2D eigenvalue weighted by molar-refractivity contribution is 9.10. The highest BCUT2D eigenvalue weighted by Crippen LogP contribution is 2.29. The fourth-order valence-corrected chi connectivity index (χ4v) is 2.85. The second kappa shape index (κ2) is 6.27. The van der Waals surface area contributed by atoms with Crippen molar-refractivity contribution >= 4 is 39.1 Å². The topological polar surface area (TPSA) is 26.0 Å². The van der Waals surface area contributed by atoms with E-state index in [0.29, 0.717) is 16.5 Å². The van der Waals surface area contributed by atoms with Crippen molar-refractivity contribution in [1.29, 1.82) is 0 Å². The average molecular weight is 359 g/mol. The first-order chi connectivity index (χ1) is 8.99. The van der Waals surface area contributed by atoms with Gasteiger partial charge in [0.2, 0.25) is 0 Å². The van der Waals surface area contributed by atoms with Crippen LogP contribution >= 0.6 is 39.1 Å². The molecule has 1 nitrogen and oxygen atoms in total. The summed E-state index contributed by atoms with van der Waals surface area (Å²) in [6, 6.07) is 11.5. The van der Waals surface area contributed by atoms with E-state index >= 15 is 0 Å².